The van der Waals surface area contributed by atoms with Gasteiger partial charge in [0.25, 0.3) is 0 Å². The summed E-state index contributed by atoms with van der Waals surface area (Å²) < 4.78 is 18.2. The zero-order valence-electron chi connectivity index (χ0n) is 15.3. The first-order valence-corrected chi connectivity index (χ1v) is 8.74. The van der Waals surface area contributed by atoms with E-state index in [1.54, 1.807) is 31.2 Å². The van der Waals surface area contributed by atoms with Crippen molar-refractivity contribution in [2.24, 2.45) is 5.10 Å². The summed E-state index contributed by atoms with van der Waals surface area (Å²) in [5.74, 6) is 2.63. The number of rotatable bonds is 7. The minimum Gasteiger partial charge on any atom is -0.497 e. The summed E-state index contributed by atoms with van der Waals surface area (Å²) in [6.07, 6.45) is 1.67. The van der Waals surface area contributed by atoms with E-state index in [-0.39, 0.29) is 0 Å². The highest BCUT2D eigenvalue weighted by molar-refractivity contribution is 7.71. The van der Waals surface area contributed by atoms with Crippen molar-refractivity contribution >= 4 is 18.4 Å². The maximum atomic E-state index is 5.69. The number of hydrogen-bond acceptors (Lipinski definition) is 6. The lowest BCUT2D eigenvalue weighted by Gasteiger charge is -2.09. The number of ether oxygens (including phenoxy) is 3. The Bertz CT molecular complexity index is 988. The number of benzene rings is 2. The Morgan fingerprint density at radius 2 is 1.85 bits per heavy atom. The Kier molecular flexibility index (Phi) is 5.87. The van der Waals surface area contributed by atoms with Crippen LogP contribution >= 0.6 is 12.2 Å². The summed E-state index contributed by atoms with van der Waals surface area (Å²) in [6.45, 7) is 2.48. The Morgan fingerprint density at radius 3 is 2.52 bits per heavy atom. The molecule has 8 heteroatoms. The van der Waals surface area contributed by atoms with Gasteiger partial charge >= 0.3 is 0 Å². The van der Waals surface area contributed by atoms with Crippen molar-refractivity contribution in [2.75, 3.05) is 20.8 Å². The van der Waals surface area contributed by atoms with Crippen LogP contribution in [-0.2, 0) is 0 Å². The minimum atomic E-state index is 0.377. The van der Waals surface area contributed by atoms with E-state index in [0.717, 1.165) is 11.1 Å². The molecule has 1 aromatic heterocycles. The van der Waals surface area contributed by atoms with Crippen LogP contribution in [0.4, 0.5) is 0 Å². The van der Waals surface area contributed by atoms with Gasteiger partial charge in [0.05, 0.1) is 32.6 Å². The Balaban J connectivity index is 2.02. The van der Waals surface area contributed by atoms with Gasteiger partial charge in [-0.25, -0.2) is 5.10 Å². The molecule has 0 aliphatic heterocycles. The van der Waals surface area contributed by atoms with Gasteiger partial charge in [0, 0.05) is 11.6 Å². The summed E-state index contributed by atoms with van der Waals surface area (Å²) in [7, 11) is 3.20. The molecular formula is C19H20N4O3S. The standard InChI is InChI=1S/C19H20N4O3S/c1-4-26-17-8-6-5-7-16(17)18-21-22-19(27)23(18)20-12-13-9-14(24-2)11-15(10-13)25-3/h5-12H,4H2,1-3H3,(H,22,27)/b20-12-. The van der Waals surface area contributed by atoms with Crippen LogP contribution in [-0.4, -0.2) is 41.9 Å². The van der Waals surface area contributed by atoms with Gasteiger partial charge in [-0.1, -0.05) is 12.1 Å². The highest BCUT2D eigenvalue weighted by Crippen LogP contribution is 2.28. The maximum absolute atomic E-state index is 5.69. The van der Waals surface area contributed by atoms with Crippen molar-refractivity contribution in [3.8, 4) is 28.6 Å². The van der Waals surface area contributed by atoms with Crippen LogP contribution in [0, 0.1) is 4.77 Å². The summed E-state index contributed by atoms with van der Waals surface area (Å²) in [4.78, 5) is 0. The number of nitrogens with zero attached hydrogens (tertiary/aromatic N) is 3. The fourth-order valence-electron chi connectivity index (χ4n) is 2.53. The van der Waals surface area contributed by atoms with Gasteiger partial charge in [0.1, 0.15) is 17.2 Å². The van der Waals surface area contributed by atoms with Gasteiger partial charge in [-0.2, -0.15) is 14.9 Å². The lowest BCUT2D eigenvalue weighted by Crippen LogP contribution is -1.99. The molecule has 0 atom stereocenters. The van der Waals surface area contributed by atoms with Crippen molar-refractivity contribution in [3.05, 3.63) is 52.8 Å². The largest absolute Gasteiger partial charge is 0.497 e. The molecule has 7 nitrogen and oxygen atoms in total. The second-order valence-corrected chi connectivity index (χ2v) is 5.87. The SMILES string of the molecule is CCOc1ccccc1-c1n[nH]c(=S)n1/N=C\c1cc(OC)cc(OC)c1. The molecule has 27 heavy (non-hydrogen) atoms. The lowest BCUT2D eigenvalue weighted by atomic mass is 10.2. The Morgan fingerprint density at radius 1 is 1.15 bits per heavy atom. The van der Waals surface area contributed by atoms with Gasteiger partial charge in [0.15, 0.2) is 5.82 Å². The van der Waals surface area contributed by atoms with Gasteiger partial charge in [-0.15, -0.1) is 0 Å². The van der Waals surface area contributed by atoms with Crippen LogP contribution in [0.15, 0.2) is 47.6 Å². The number of H-pyrrole nitrogens is 1. The van der Waals surface area contributed by atoms with Crippen molar-refractivity contribution in [3.63, 3.8) is 0 Å². The Labute approximate surface area is 162 Å². The number of para-hydroxylation sites is 1. The summed E-state index contributed by atoms with van der Waals surface area (Å²) in [6, 6.07) is 13.1. The molecule has 0 saturated heterocycles. The normalized spacial score (nSPS) is 10.9. The second-order valence-electron chi connectivity index (χ2n) is 5.48. The Hall–Kier alpha value is -3.13. The predicted molar refractivity (Wildman–Crippen MR) is 107 cm³/mol. The molecule has 0 bridgehead atoms. The first-order chi connectivity index (χ1) is 13.2. The molecule has 140 valence electrons. The monoisotopic (exact) mass is 384 g/mol. The van der Waals surface area contributed by atoms with Crippen molar-refractivity contribution in [2.45, 2.75) is 6.92 Å². The zero-order valence-corrected chi connectivity index (χ0v) is 16.1. The van der Waals surface area contributed by atoms with Gasteiger partial charge in [-0.3, -0.25) is 0 Å². The average Bonchev–Trinajstić information content (AvgIpc) is 3.07. The van der Waals surface area contributed by atoms with Crippen molar-refractivity contribution < 1.29 is 14.2 Å². The van der Waals surface area contributed by atoms with E-state index in [1.807, 2.05) is 43.3 Å². The third-order valence-electron chi connectivity index (χ3n) is 3.77. The van der Waals surface area contributed by atoms with E-state index in [2.05, 4.69) is 15.3 Å². The van der Waals surface area contributed by atoms with Crippen LogP contribution in [0.2, 0.25) is 0 Å². The number of nitrogens with one attached hydrogen (secondary N) is 1. The van der Waals surface area contributed by atoms with Gasteiger partial charge in [-0.05, 0) is 43.4 Å². The van der Waals surface area contributed by atoms with E-state index in [0.29, 0.717) is 34.5 Å². The number of hydrogen-bond donors (Lipinski definition) is 1. The van der Waals surface area contributed by atoms with Crippen molar-refractivity contribution in [1.29, 1.82) is 0 Å². The molecule has 3 rings (SSSR count). The van der Waals surface area contributed by atoms with E-state index in [9.17, 15) is 0 Å². The summed E-state index contributed by atoms with van der Waals surface area (Å²) in [5.41, 5.74) is 1.60. The summed E-state index contributed by atoms with van der Waals surface area (Å²) >= 11 is 5.33. The molecule has 0 unspecified atom stereocenters. The molecule has 0 fully saturated rings. The van der Waals surface area contributed by atoms with Gasteiger partial charge in [0.2, 0.25) is 4.77 Å². The topological polar surface area (TPSA) is 73.7 Å². The highest BCUT2D eigenvalue weighted by atomic mass is 32.1. The van der Waals surface area contributed by atoms with Crippen LogP contribution in [0.25, 0.3) is 11.4 Å². The van der Waals surface area contributed by atoms with Crippen LogP contribution in [0.3, 0.4) is 0 Å². The molecule has 0 aliphatic rings. The third kappa shape index (κ3) is 4.17. The number of aromatic nitrogens is 3. The first kappa shape index (κ1) is 18.7. The molecule has 1 N–H and O–H groups in total. The number of aromatic amines is 1. The summed E-state index contributed by atoms with van der Waals surface area (Å²) in [5, 5.41) is 11.6. The van der Waals surface area contributed by atoms with Gasteiger partial charge < -0.3 is 14.2 Å². The molecule has 0 aliphatic carbocycles. The quantitative estimate of drug-likeness (QED) is 0.494. The molecule has 0 saturated carbocycles. The number of methoxy groups -OCH3 is 2. The molecule has 1 heterocycles. The van der Waals surface area contributed by atoms with Crippen LogP contribution in [0.1, 0.15) is 12.5 Å². The fourth-order valence-corrected chi connectivity index (χ4v) is 2.71. The zero-order chi connectivity index (χ0) is 19.2. The smallest absolute Gasteiger partial charge is 0.216 e. The van der Waals surface area contributed by atoms with E-state index < -0.39 is 0 Å². The lowest BCUT2D eigenvalue weighted by molar-refractivity contribution is 0.341. The average molecular weight is 384 g/mol. The molecule has 0 amide bonds. The first-order valence-electron chi connectivity index (χ1n) is 8.33. The highest BCUT2D eigenvalue weighted by Gasteiger charge is 2.13. The van der Waals surface area contributed by atoms with Crippen LogP contribution in [0.5, 0.6) is 17.2 Å². The second kappa shape index (κ2) is 8.50. The van der Waals surface area contributed by atoms with Crippen molar-refractivity contribution in [1.82, 2.24) is 14.9 Å². The van der Waals surface area contributed by atoms with E-state index in [1.165, 1.54) is 0 Å². The predicted octanol–water partition coefficient (Wildman–Crippen LogP) is 3.91. The molecule has 0 radical (unpaired) electrons. The maximum Gasteiger partial charge on any atom is 0.216 e. The fraction of sp³-hybridized carbons (Fsp3) is 0.211. The van der Waals surface area contributed by atoms with Crippen LogP contribution < -0.4 is 14.2 Å². The third-order valence-corrected chi connectivity index (χ3v) is 4.04. The van der Waals surface area contributed by atoms with E-state index in [4.69, 9.17) is 26.4 Å². The molecule has 3 aromatic rings. The minimum absolute atomic E-state index is 0.377. The van der Waals surface area contributed by atoms with E-state index >= 15 is 0 Å². The molecule has 0 spiro atoms. The molecular weight excluding hydrogens is 364 g/mol. The molecule has 2 aromatic carbocycles.